The Balaban J connectivity index is 1.52. The number of hydrazone groups is 1. The van der Waals surface area contributed by atoms with Crippen molar-refractivity contribution in [3.8, 4) is 5.75 Å². The number of anilines is 1. The summed E-state index contributed by atoms with van der Waals surface area (Å²) in [7, 11) is 1.63. The van der Waals surface area contributed by atoms with Crippen LogP contribution in [0.25, 0.3) is 0 Å². The van der Waals surface area contributed by atoms with Crippen LogP contribution in [-0.2, 0) is 4.79 Å². The maximum atomic E-state index is 12.8. The number of halogens is 2. The Morgan fingerprint density at radius 2 is 1.85 bits per heavy atom. The summed E-state index contributed by atoms with van der Waals surface area (Å²) < 4.78 is 6.01. The number of rotatable bonds is 5. The molecule has 0 saturated heterocycles. The number of ether oxygens (including phenoxy) is 1. The van der Waals surface area contributed by atoms with Gasteiger partial charge in [0.15, 0.2) is 0 Å². The zero-order valence-electron chi connectivity index (χ0n) is 17.7. The number of ketones is 1. The molecule has 3 aromatic carbocycles. The average molecular weight is 525 g/mol. The normalized spacial score (nSPS) is 17.4. The molecule has 0 N–H and O–H groups in total. The van der Waals surface area contributed by atoms with E-state index in [1.807, 2.05) is 59.6 Å². The first-order valence-corrected chi connectivity index (χ1v) is 11.5. The predicted molar refractivity (Wildman–Crippen MR) is 131 cm³/mol. The first kappa shape index (κ1) is 21.7. The maximum absolute atomic E-state index is 12.8. The van der Waals surface area contributed by atoms with Crippen LogP contribution in [0.4, 0.5) is 5.69 Å². The molecule has 0 aromatic heterocycles. The lowest BCUT2D eigenvalue weighted by Gasteiger charge is -2.29. The molecular weight excluding hydrogens is 506 g/mol. The molecule has 0 aliphatic carbocycles. The number of fused-ring (bicyclic) bond motifs is 1. The van der Waals surface area contributed by atoms with Crippen molar-refractivity contribution in [2.24, 2.45) is 5.10 Å². The molecule has 1 atom stereocenters. The van der Waals surface area contributed by atoms with E-state index in [0.717, 1.165) is 27.1 Å². The lowest BCUT2D eigenvalue weighted by molar-refractivity contribution is -0.114. The molecule has 0 radical (unpaired) electrons. The molecule has 2 aliphatic heterocycles. The Hall–Kier alpha value is -3.16. The molecule has 166 valence electrons. The summed E-state index contributed by atoms with van der Waals surface area (Å²) in [4.78, 5) is 26.9. The summed E-state index contributed by atoms with van der Waals surface area (Å²) in [5.74, 6) is -0.311. The molecule has 2 heterocycles. The van der Waals surface area contributed by atoms with E-state index in [-0.39, 0.29) is 12.7 Å². The standard InChI is InChI=1S/C25H19BrClN3O3/c1-33-17-9-6-15(7-10-17)21-13-23(18-4-2-3-5-20(18)27)30(28-21)14-29-22-11-8-16(26)12-19(22)24(31)25(29)32/h2-12,23H,13-14H2,1H3. The Labute approximate surface area is 204 Å². The Morgan fingerprint density at radius 1 is 1.09 bits per heavy atom. The zero-order chi connectivity index (χ0) is 23.1. The summed E-state index contributed by atoms with van der Waals surface area (Å²) in [6, 6.07) is 20.4. The van der Waals surface area contributed by atoms with Crippen molar-refractivity contribution < 1.29 is 14.3 Å². The van der Waals surface area contributed by atoms with Gasteiger partial charge < -0.3 is 4.74 Å². The average Bonchev–Trinajstić information content (AvgIpc) is 3.34. The molecule has 8 heteroatoms. The van der Waals surface area contributed by atoms with Crippen LogP contribution in [0.2, 0.25) is 5.02 Å². The summed E-state index contributed by atoms with van der Waals surface area (Å²) in [6.45, 7) is 0.134. The fraction of sp³-hybridized carbons (Fsp3) is 0.160. The Morgan fingerprint density at radius 3 is 2.58 bits per heavy atom. The van der Waals surface area contributed by atoms with Crippen LogP contribution in [0.15, 0.2) is 76.3 Å². The third kappa shape index (κ3) is 3.92. The number of benzene rings is 3. The molecular formula is C25H19BrClN3O3. The fourth-order valence-corrected chi connectivity index (χ4v) is 4.84. The van der Waals surface area contributed by atoms with Gasteiger partial charge >= 0.3 is 5.91 Å². The second kappa shape index (κ2) is 8.65. The molecule has 33 heavy (non-hydrogen) atoms. The molecule has 2 aliphatic rings. The summed E-state index contributed by atoms with van der Waals surface area (Å²) >= 11 is 9.91. The van der Waals surface area contributed by atoms with Crippen molar-refractivity contribution >= 4 is 50.6 Å². The summed E-state index contributed by atoms with van der Waals surface area (Å²) in [5, 5.41) is 7.33. The minimum Gasteiger partial charge on any atom is -0.497 e. The largest absolute Gasteiger partial charge is 0.497 e. The van der Waals surface area contributed by atoms with Crippen molar-refractivity contribution in [1.29, 1.82) is 0 Å². The van der Waals surface area contributed by atoms with Gasteiger partial charge in [0.05, 0.1) is 30.1 Å². The van der Waals surface area contributed by atoms with E-state index in [4.69, 9.17) is 21.4 Å². The van der Waals surface area contributed by atoms with E-state index in [2.05, 4.69) is 15.9 Å². The first-order chi connectivity index (χ1) is 16.0. The molecule has 1 unspecified atom stereocenters. The van der Waals surface area contributed by atoms with Gasteiger partial charge in [-0.15, -0.1) is 0 Å². The molecule has 1 amide bonds. The van der Waals surface area contributed by atoms with E-state index in [9.17, 15) is 9.59 Å². The third-order valence-electron chi connectivity index (χ3n) is 5.90. The van der Waals surface area contributed by atoms with Gasteiger partial charge in [0.1, 0.15) is 12.4 Å². The molecule has 0 fully saturated rings. The third-order valence-corrected chi connectivity index (χ3v) is 6.74. The molecule has 0 bridgehead atoms. The number of nitrogens with zero attached hydrogens (tertiary/aromatic N) is 3. The number of amides is 1. The van der Waals surface area contributed by atoms with Gasteiger partial charge in [0, 0.05) is 15.9 Å². The van der Waals surface area contributed by atoms with Crippen molar-refractivity contribution in [1.82, 2.24) is 5.01 Å². The Bertz CT molecular complexity index is 1290. The fourth-order valence-electron chi connectivity index (χ4n) is 4.22. The number of hydrogen-bond donors (Lipinski definition) is 0. The van der Waals surface area contributed by atoms with Crippen molar-refractivity contribution in [3.63, 3.8) is 0 Å². The molecule has 0 saturated carbocycles. The second-order valence-electron chi connectivity index (χ2n) is 7.82. The highest BCUT2D eigenvalue weighted by Gasteiger charge is 2.39. The van der Waals surface area contributed by atoms with Crippen LogP contribution in [0.3, 0.4) is 0 Å². The van der Waals surface area contributed by atoms with E-state index >= 15 is 0 Å². The van der Waals surface area contributed by atoms with Crippen LogP contribution < -0.4 is 9.64 Å². The van der Waals surface area contributed by atoms with Crippen LogP contribution in [0.5, 0.6) is 5.75 Å². The SMILES string of the molecule is COc1ccc(C2=NN(CN3C(=O)C(=O)c4cc(Br)ccc43)C(c3ccccc3Cl)C2)cc1. The highest BCUT2D eigenvalue weighted by Crippen LogP contribution is 2.38. The second-order valence-corrected chi connectivity index (χ2v) is 9.14. The van der Waals surface area contributed by atoms with Gasteiger partial charge in [0.25, 0.3) is 5.78 Å². The lowest BCUT2D eigenvalue weighted by Crippen LogP contribution is -2.39. The zero-order valence-corrected chi connectivity index (χ0v) is 20.0. The summed E-state index contributed by atoms with van der Waals surface area (Å²) in [6.07, 6.45) is 0.610. The predicted octanol–water partition coefficient (Wildman–Crippen LogP) is 5.45. The molecule has 0 spiro atoms. The number of hydrogen-bond acceptors (Lipinski definition) is 5. The van der Waals surface area contributed by atoms with Gasteiger partial charge in [-0.1, -0.05) is 45.7 Å². The number of carbonyl (C=O) groups excluding carboxylic acids is 2. The maximum Gasteiger partial charge on any atom is 0.301 e. The molecule has 6 nitrogen and oxygen atoms in total. The Kier molecular flexibility index (Phi) is 5.68. The highest BCUT2D eigenvalue weighted by atomic mass is 79.9. The first-order valence-electron chi connectivity index (χ1n) is 10.3. The molecule has 5 rings (SSSR count). The number of carbonyl (C=O) groups is 2. The van der Waals surface area contributed by atoms with Crippen molar-refractivity contribution in [2.45, 2.75) is 12.5 Å². The monoisotopic (exact) mass is 523 g/mol. The topological polar surface area (TPSA) is 62.2 Å². The van der Waals surface area contributed by atoms with E-state index < -0.39 is 11.7 Å². The lowest BCUT2D eigenvalue weighted by atomic mass is 9.98. The van der Waals surface area contributed by atoms with Gasteiger partial charge in [0.2, 0.25) is 0 Å². The van der Waals surface area contributed by atoms with Gasteiger partial charge in [-0.05, 0) is 59.7 Å². The van der Waals surface area contributed by atoms with Crippen LogP contribution >= 0.6 is 27.5 Å². The quantitative estimate of drug-likeness (QED) is 0.417. The number of Topliss-reactive ketones (excluding diaryl/α,β-unsaturated/α-hetero) is 1. The van der Waals surface area contributed by atoms with E-state index in [0.29, 0.717) is 22.7 Å². The summed E-state index contributed by atoms with van der Waals surface area (Å²) in [5.41, 5.74) is 3.72. The van der Waals surface area contributed by atoms with Gasteiger partial charge in [-0.25, -0.2) is 0 Å². The van der Waals surface area contributed by atoms with Crippen LogP contribution in [0, 0.1) is 0 Å². The smallest absolute Gasteiger partial charge is 0.301 e. The van der Waals surface area contributed by atoms with Gasteiger partial charge in [-0.2, -0.15) is 5.10 Å². The molecule has 3 aromatic rings. The number of methoxy groups -OCH3 is 1. The van der Waals surface area contributed by atoms with Gasteiger partial charge in [-0.3, -0.25) is 19.5 Å². The van der Waals surface area contributed by atoms with E-state index in [1.54, 1.807) is 19.2 Å². The minimum absolute atomic E-state index is 0.134. The van der Waals surface area contributed by atoms with Crippen LogP contribution in [0.1, 0.15) is 33.9 Å². The minimum atomic E-state index is -0.561. The van der Waals surface area contributed by atoms with Crippen LogP contribution in [-0.4, -0.2) is 36.2 Å². The highest BCUT2D eigenvalue weighted by molar-refractivity contribution is 9.10. The van der Waals surface area contributed by atoms with Crippen molar-refractivity contribution in [3.05, 3.63) is 92.9 Å². The van der Waals surface area contributed by atoms with E-state index in [1.165, 1.54) is 4.90 Å². The van der Waals surface area contributed by atoms with Crippen molar-refractivity contribution in [2.75, 3.05) is 18.7 Å².